The van der Waals surface area contributed by atoms with Gasteiger partial charge in [-0.15, -0.1) is 0 Å². The Morgan fingerprint density at radius 1 is 1.17 bits per heavy atom. The van der Waals surface area contributed by atoms with Crippen LogP contribution in [0.1, 0.15) is 34.9 Å². The van der Waals surface area contributed by atoms with Crippen molar-refractivity contribution in [1.82, 2.24) is 14.9 Å². The lowest BCUT2D eigenvalue weighted by atomic mass is 9.99. The van der Waals surface area contributed by atoms with Crippen molar-refractivity contribution in [2.45, 2.75) is 33.1 Å². The Balaban J connectivity index is 1.56. The standard InChI is InChI=1S/C19H24N4O/c1-13-14(2)20-19(21-15(13)3)22-18(24)12-23-10-9-17(11-23)16-7-5-4-6-8-16/h4-8,17H,9-12H2,1-3H3,(H,20,21,22,24). The van der Waals surface area contributed by atoms with E-state index in [0.717, 1.165) is 36.5 Å². The number of rotatable bonds is 4. The molecule has 0 radical (unpaired) electrons. The normalized spacial score (nSPS) is 17.9. The fraction of sp³-hybridized carbons (Fsp3) is 0.421. The molecule has 1 saturated heterocycles. The summed E-state index contributed by atoms with van der Waals surface area (Å²) in [5.74, 6) is 0.866. The van der Waals surface area contributed by atoms with E-state index >= 15 is 0 Å². The van der Waals surface area contributed by atoms with Crippen LogP contribution in [0.3, 0.4) is 0 Å². The molecule has 2 heterocycles. The summed E-state index contributed by atoms with van der Waals surface area (Å²) in [5, 5.41) is 2.83. The lowest BCUT2D eigenvalue weighted by Crippen LogP contribution is -2.32. The van der Waals surface area contributed by atoms with Gasteiger partial charge in [0.25, 0.3) is 0 Å². The average molecular weight is 324 g/mol. The molecule has 1 aliphatic rings. The first kappa shape index (κ1) is 16.6. The number of aryl methyl sites for hydroxylation is 2. The summed E-state index contributed by atoms with van der Waals surface area (Å²) in [5.41, 5.74) is 4.23. The van der Waals surface area contributed by atoms with Crippen molar-refractivity contribution in [3.05, 3.63) is 52.8 Å². The van der Waals surface area contributed by atoms with Crippen LogP contribution in [0.2, 0.25) is 0 Å². The summed E-state index contributed by atoms with van der Waals surface area (Å²) in [6.07, 6.45) is 1.09. The Labute approximate surface area is 143 Å². The summed E-state index contributed by atoms with van der Waals surface area (Å²) in [6.45, 7) is 8.11. The van der Waals surface area contributed by atoms with Crippen molar-refractivity contribution >= 4 is 11.9 Å². The first-order valence-electron chi connectivity index (χ1n) is 8.42. The number of benzene rings is 1. The number of nitrogens with zero attached hydrogens (tertiary/aromatic N) is 3. The van der Waals surface area contributed by atoms with E-state index in [1.54, 1.807) is 0 Å². The van der Waals surface area contributed by atoms with Crippen LogP contribution in [0.4, 0.5) is 5.95 Å². The zero-order valence-electron chi connectivity index (χ0n) is 14.5. The molecule has 3 rings (SSSR count). The van der Waals surface area contributed by atoms with Gasteiger partial charge in [-0.05, 0) is 50.8 Å². The summed E-state index contributed by atoms with van der Waals surface area (Å²) in [6, 6.07) is 10.5. The van der Waals surface area contributed by atoms with Gasteiger partial charge in [-0.3, -0.25) is 15.0 Å². The Kier molecular flexibility index (Phi) is 4.90. The SMILES string of the molecule is Cc1nc(NC(=O)CN2CCC(c3ccccc3)C2)nc(C)c1C. The highest BCUT2D eigenvalue weighted by Crippen LogP contribution is 2.26. The predicted octanol–water partition coefficient (Wildman–Crippen LogP) is 2.83. The molecular formula is C19H24N4O. The zero-order chi connectivity index (χ0) is 17.1. The minimum absolute atomic E-state index is 0.0497. The van der Waals surface area contributed by atoms with Crippen molar-refractivity contribution in [3.63, 3.8) is 0 Å². The fourth-order valence-electron chi connectivity index (χ4n) is 3.17. The molecular weight excluding hydrogens is 300 g/mol. The van der Waals surface area contributed by atoms with E-state index < -0.39 is 0 Å². The van der Waals surface area contributed by atoms with Gasteiger partial charge in [-0.2, -0.15) is 0 Å². The third-order valence-electron chi connectivity index (χ3n) is 4.79. The van der Waals surface area contributed by atoms with Crippen LogP contribution in [0, 0.1) is 20.8 Å². The second-order valence-electron chi connectivity index (χ2n) is 6.52. The molecule has 1 aliphatic heterocycles. The highest BCUT2D eigenvalue weighted by Gasteiger charge is 2.25. The van der Waals surface area contributed by atoms with Crippen LogP contribution in [-0.4, -0.2) is 40.4 Å². The second-order valence-corrected chi connectivity index (χ2v) is 6.52. The van der Waals surface area contributed by atoms with Crippen LogP contribution in [0.5, 0.6) is 0 Å². The number of aromatic nitrogens is 2. The monoisotopic (exact) mass is 324 g/mol. The summed E-state index contributed by atoms with van der Waals surface area (Å²) in [7, 11) is 0. The smallest absolute Gasteiger partial charge is 0.240 e. The minimum Gasteiger partial charge on any atom is -0.294 e. The van der Waals surface area contributed by atoms with Gasteiger partial charge in [0.15, 0.2) is 0 Å². The number of likely N-dealkylation sites (tertiary alicyclic amines) is 1. The van der Waals surface area contributed by atoms with E-state index in [9.17, 15) is 4.79 Å². The highest BCUT2D eigenvalue weighted by atomic mass is 16.2. The number of carbonyl (C=O) groups is 1. The molecule has 1 amide bonds. The number of carbonyl (C=O) groups excluding carboxylic acids is 1. The zero-order valence-corrected chi connectivity index (χ0v) is 14.5. The van der Waals surface area contributed by atoms with Gasteiger partial charge < -0.3 is 0 Å². The van der Waals surface area contributed by atoms with Gasteiger partial charge in [0.05, 0.1) is 6.54 Å². The molecule has 0 saturated carbocycles. The lowest BCUT2D eigenvalue weighted by Gasteiger charge is -2.16. The highest BCUT2D eigenvalue weighted by molar-refractivity contribution is 5.90. The number of anilines is 1. The number of amides is 1. The van der Waals surface area contributed by atoms with E-state index in [0.29, 0.717) is 18.4 Å². The second kappa shape index (κ2) is 7.09. The van der Waals surface area contributed by atoms with E-state index in [1.807, 2.05) is 26.8 Å². The van der Waals surface area contributed by atoms with Gasteiger partial charge in [0.2, 0.25) is 11.9 Å². The van der Waals surface area contributed by atoms with Gasteiger partial charge in [0, 0.05) is 17.9 Å². The van der Waals surface area contributed by atoms with E-state index in [2.05, 4.69) is 44.5 Å². The number of hydrogen-bond donors (Lipinski definition) is 1. The summed E-state index contributed by atoms with van der Waals surface area (Å²) >= 11 is 0. The molecule has 1 atom stereocenters. The number of nitrogens with one attached hydrogen (secondary N) is 1. The number of hydrogen-bond acceptors (Lipinski definition) is 4. The Morgan fingerprint density at radius 2 is 1.83 bits per heavy atom. The van der Waals surface area contributed by atoms with Crippen molar-refractivity contribution in [2.75, 3.05) is 25.0 Å². The molecule has 126 valence electrons. The largest absolute Gasteiger partial charge is 0.294 e. The van der Waals surface area contributed by atoms with Crippen molar-refractivity contribution < 1.29 is 4.79 Å². The van der Waals surface area contributed by atoms with Gasteiger partial charge in [0.1, 0.15) is 0 Å². The third kappa shape index (κ3) is 3.79. The maximum absolute atomic E-state index is 12.3. The third-order valence-corrected chi connectivity index (χ3v) is 4.79. The van der Waals surface area contributed by atoms with E-state index in [1.165, 1.54) is 5.56 Å². The topological polar surface area (TPSA) is 58.1 Å². The predicted molar refractivity (Wildman–Crippen MR) is 95.1 cm³/mol. The Bertz CT molecular complexity index is 706. The van der Waals surface area contributed by atoms with Crippen LogP contribution in [0.15, 0.2) is 30.3 Å². The molecule has 1 fully saturated rings. The minimum atomic E-state index is -0.0497. The molecule has 1 aromatic carbocycles. The summed E-state index contributed by atoms with van der Waals surface area (Å²) < 4.78 is 0. The first-order chi connectivity index (χ1) is 11.5. The molecule has 5 nitrogen and oxygen atoms in total. The van der Waals surface area contributed by atoms with Crippen LogP contribution >= 0.6 is 0 Å². The first-order valence-corrected chi connectivity index (χ1v) is 8.42. The van der Waals surface area contributed by atoms with Gasteiger partial charge in [-0.1, -0.05) is 30.3 Å². The molecule has 1 N–H and O–H groups in total. The van der Waals surface area contributed by atoms with Crippen LogP contribution in [-0.2, 0) is 4.79 Å². The molecule has 1 aromatic heterocycles. The molecule has 2 aromatic rings. The molecule has 5 heteroatoms. The Morgan fingerprint density at radius 3 is 2.50 bits per heavy atom. The van der Waals surface area contributed by atoms with Crippen molar-refractivity contribution in [1.29, 1.82) is 0 Å². The summed E-state index contributed by atoms with van der Waals surface area (Å²) in [4.78, 5) is 23.2. The molecule has 24 heavy (non-hydrogen) atoms. The maximum atomic E-state index is 12.3. The average Bonchev–Trinajstić information content (AvgIpc) is 3.01. The quantitative estimate of drug-likeness (QED) is 0.939. The van der Waals surface area contributed by atoms with Gasteiger partial charge in [-0.25, -0.2) is 9.97 Å². The lowest BCUT2D eigenvalue weighted by molar-refractivity contribution is -0.117. The Hall–Kier alpha value is -2.27. The molecule has 0 spiro atoms. The molecule has 0 bridgehead atoms. The fourth-order valence-corrected chi connectivity index (χ4v) is 3.17. The van der Waals surface area contributed by atoms with Crippen LogP contribution in [0.25, 0.3) is 0 Å². The van der Waals surface area contributed by atoms with Crippen LogP contribution < -0.4 is 5.32 Å². The van der Waals surface area contributed by atoms with E-state index in [4.69, 9.17) is 0 Å². The van der Waals surface area contributed by atoms with Crippen molar-refractivity contribution in [3.8, 4) is 0 Å². The molecule has 0 aliphatic carbocycles. The maximum Gasteiger partial charge on any atom is 0.240 e. The molecule has 1 unspecified atom stereocenters. The van der Waals surface area contributed by atoms with E-state index in [-0.39, 0.29) is 5.91 Å². The van der Waals surface area contributed by atoms with Crippen molar-refractivity contribution in [2.24, 2.45) is 0 Å². The van der Waals surface area contributed by atoms with Gasteiger partial charge >= 0.3 is 0 Å².